The van der Waals surface area contributed by atoms with Crippen LogP contribution >= 0.6 is 0 Å². The molecular weight excluding hydrogens is 230 g/mol. The molecule has 0 heterocycles. The second-order valence-electron chi connectivity index (χ2n) is 4.85. The highest BCUT2D eigenvalue weighted by molar-refractivity contribution is 7.85. The average molecular weight is 251 g/mol. The maximum atomic E-state index is 11.8. The molecule has 0 radical (unpaired) electrons. The fourth-order valence-corrected chi connectivity index (χ4v) is 4.09. The van der Waals surface area contributed by atoms with E-state index in [1.807, 2.05) is 13.3 Å². The van der Waals surface area contributed by atoms with Gasteiger partial charge in [-0.05, 0) is 37.8 Å². The van der Waals surface area contributed by atoms with E-state index in [1.165, 1.54) is 12.0 Å². The third-order valence-corrected chi connectivity index (χ3v) is 5.23. The molecule has 1 aliphatic carbocycles. The summed E-state index contributed by atoms with van der Waals surface area (Å²) in [5.74, 6) is 0.578. The maximum Gasteiger partial charge on any atom is 0.0504 e. The molecule has 4 atom stereocenters. The van der Waals surface area contributed by atoms with Crippen LogP contribution in [0.15, 0.2) is 30.3 Å². The third-order valence-electron chi connectivity index (χ3n) is 3.86. The Labute approximate surface area is 106 Å². The minimum Gasteiger partial charge on any atom is -0.316 e. The van der Waals surface area contributed by atoms with Crippen LogP contribution in [-0.2, 0) is 10.8 Å². The van der Waals surface area contributed by atoms with Crippen molar-refractivity contribution in [3.63, 3.8) is 0 Å². The molecule has 4 unspecified atom stereocenters. The summed E-state index contributed by atoms with van der Waals surface area (Å²) in [6, 6.07) is 11.0. The van der Waals surface area contributed by atoms with Gasteiger partial charge in [-0.2, -0.15) is 0 Å². The van der Waals surface area contributed by atoms with Crippen molar-refractivity contribution >= 4 is 10.8 Å². The van der Waals surface area contributed by atoms with Crippen molar-refractivity contribution in [3.05, 3.63) is 35.9 Å². The van der Waals surface area contributed by atoms with E-state index < -0.39 is 10.8 Å². The maximum absolute atomic E-state index is 11.8. The monoisotopic (exact) mass is 251 g/mol. The summed E-state index contributed by atoms with van der Waals surface area (Å²) < 4.78 is 11.8. The van der Waals surface area contributed by atoms with Crippen molar-refractivity contribution in [3.8, 4) is 0 Å². The van der Waals surface area contributed by atoms with Crippen LogP contribution in [0.4, 0.5) is 0 Å². The van der Waals surface area contributed by atoms with E-state index in [0.717, 1.165) is 12.8 Å². The van der Waals surface area contributed by atoms with Crippen LogP contribution in [0.5, 0.6) is 0 Å². The van der Waals surface area contributed by atoms with Gasteiger partial charge in [0.2, 0.25) is 0 Å². The van der Waals surface area contributed by atoms with Crippen molar-refractivity contribution in [1.82, 2.24) is 5.32 Å². The lowest BCUT2D eigenvalue weighted by molar-refractivity contribution is 0.364. The highest BCUT2D eigenvalue weighted by Gasteiger charge is 2.32. The fourth-order valence-electron chi connectivity index (χ4n) is 2.85. The van der Waals surface area contributed by atoms with E-state index >= 15 is 0 Å². The zero-order valence-corrected chi connectivity index (χ0v) is 11.4. The molecule has 1 aromatic carbocycles. The lowest BCUT2D eigenvalue weighted by Crippen LogP contribution is -2.44. The first kappa shape index (κ1) is 12.8. The van der Waals surface area contributed by atoms with E-state index in [0.29, 0.717) is 17.2 Å². The highest BCUT2D eigenvalue weighted by atomic mass is 32.2. The topological polar surface area (TPSA) is 29.1 Å². The van der Waals surface area contributed by atoms with Gasteiger partial charge in [-0.15, -0.1) is 0 Å². The Morgan fingerprint density at radius 3 is 2.53 bits per heavy atom. The fraction of sp³-hybridized carbons (Fsp3) is 0.571. The van der Waals surface area contributed by atoms with Crippen molar-refractivity contribution in [1.29, 1.82) is 0 Å². The standard InChI is InChI=1S/C14H21NOS/c1-15-13-9-8-12(10-14(13)17(2)16)11-6-4-3-5-7-11/h3-7,12-15H,8-10H2,1-2H3. The van der Waals surface area contributed by atoms with Gasteiger partial charge < -0.3 is 5.32 Å². The number of hydrogen-bond acceptors (Lipinski definition) is 2. The lowest BCUT2D eigenvalue weighted by atomic mass is 9.81. The molecule has 0 aliphatic heterocycles. The van der Waals surface area contributed by atoms with Gasteiger partial charge in [0.1, 0.15) is 0 Å². The molecule has 2 nitrogen and oxygen atoms in total. The van der Waals surface area contributed by atoms with E-state index in [2.05, 4.69) is 35.6 Å². The smallest absolute Gasteiger partial charge is 0.0504 e. The van der Waals surface area contributed by atoms with E-state index in [4.69, 9.17) is 0 Å². The van der Waals surface area contributed by atoms with Crippen LogP contribution in [0.2, 0.25) is 0 Å². The molecule has 0 saturated heterocycles. The second kappa shape index (κ2) is 5.78. The summed E-state index contributed by atoms with van der Waals surface area (Å²) in [5, 5.41) is 3.60. The number of rotatable bonds is 3. The molecule has 1 aromatic rings. The first-order valence-corrected chi connectivity index (χ1v) is 7.89. The zero-order chi connectivity index (χ0) is 12.3. The summed E-state index contributed by atoms with van der Waals surface area (Å²) in [6.07, 6.45) is 5.20. The number of benzene rings is 1. The first-order valence-electron chi connectivity index (χ1n) is 6.26. The molecule has 17 heavy (non-hydrogen) atoms. The van der Waals surface area contributed by atoms with E-state index in [-0.39, 0.29) is 0 Å². The van der Waals surface area contributed by atoms with E-state index in [9.17, 15) is 4.21 Å². The average Bonchev–Trinajstić information content (AvgIpc) is 2.39. The molecule has 1 aliphatic rings. The van der Waals surface area contributed by atoms with Gasteiger partial charge in [0.05, 0.1) is 5.25 Å². The summed E-state index contributed by atoms with van der Waals surface area (Å²) in [5.41, 5.74) is 1.40. The molecule has 2 rings (SSSR count). The first-order chi connectivity index (χ1) is 8.22. The van der Waals surface area contributed by atoms with Crippen LogP contribution < -0.4 is 5.32 Å². The molecule has 1 fully saturated rings. The van der Waals surface area contributed by atoms with Crippen LogP contribution in [0.1, 0.15) is 30.7 Å². The van der Waals surface area contributed by atoms with Crippen LogP contribution in [0, 0.1) is 0 Å². The quantitative estimate of drug-likeness (QED) is 0.893. The van der Waals surface area contributed by atoms with Crippen molar-refractivity contribution in [2.24, 2.45) is 0 Å². The van der Waals surface area contributed by atoms with Gasteiger partial charge in [-0.25, -0.2) is 0 Å². The molecule has 94 valence electrons. The Kier molecular flexibility index (Phi) is 4.35. The second-order valence-corrected chi connectivity index (χ2v) is 6.46. The van der Waals surface area contributed by atoms with Gasteiger partial charge in [0.25, 0.3) is 0 Å². The minimum atomic E-state index is -0.739. The summed E-state index contributed by atoms with van der Waals surface area (Å²) in [4.78, 5) is 0. The van der Waals surface area contributed by atoms with Crippen LogP contribution in [-0.4, -0.2) is 28.8 Å². The number of nitrogens with one attached hydrogen (secondary N) is 1. The van der Waals surface area contributed by atoms with Crippen molar-refractivity contribution in [2.45, 2.75) is 36.5 Å². The Hall–Kier alpha value is -0.670. The summed E-state index contributed by atoms with van der Waals surface area (Å²) in [6.45, 7) is 0. The minimum absolute atomic E-state index is 0.291. The predicted molar refractivity (Wildman–Crippen MR) is 73.7 cm³/mol. The molecule has 3 heteroatoms. The Morgan fingerprint density at radius 1 is 1.24 bits per heavy atom. The van der Waals surface area contributed by atoms with Gasteiger partial charge in [0, 0.05) is 23.1 Å². The highest BCUT2D eigenvalue weighted by Crippen LogP contribution is 2.34. The third kappa shape index (κ3) is 2.96. The van der Waals surface area contributed by atoms with Crippen molar-refractivity contribution < 1.29 is 4.21 Å². The molecule has 1 saturated carbocycles. The van der Waals surface area contributed by atoms with Crippen LogP contribution in [0.25, 0.3) is 0 Å². The molecule has 0 bridgehead atoms. The number of hydrogen-bond donors (Lipinski definition) is 1. The molecule has 1 N–H and O–H groups in total. The van der Waals surface area contributed by atoms with Gasteiger partial charge in [-0.3, -0.25) is 4.21 Å². The van der Waals surface area contributed by atoms with Gasteiger partial charge >= 0.3 is 0 Å². The SMILES string of the molecule is CNC1CCC(c2ccccc2)CC1S(C)=O. The Balaban J connectivity index is 2.11. The molecule has 0 spiro atoms. The Morgan fingerprint density at radius 2 is 1.94 bits per heavy atom. The van der Waals surface area contributed by atoms with Crippen LogP contribution in [0.3, 0.4) is 0 Å². The summed E-state index contributed by atoms with van der Waals surface area (Å²) >= 11 is 0. The molecular formula is C14H21NOS. The predicted octanol–water partition coefficient (Wildman–Crippen LogP) is 2.29. The largest absolute Gasteiger partial charge is 0.316 e. The molecule has 0 aromatic heterocycles. The van der Waals surface area contributed by atoms with Crippen molar-refractivity contribution in [2.75, 3.05) is 13.3 Å². The Bertz CT molecular complexity index is 379. The lowest BCUT2D eigenvalue weighted by Gasteiger charge is -2.35. The van der Waals surface area contributed by atoms with Gasteiger partial charge in [0.15, 0.2) is 0 Å². The van der Waals surface area contributed by atoms with Gasteiger partial charge in [-0.1, -0.05) is 30.3 Å². The summed E-state index contributed by atoms with van der Waals surface area (Å²) in [7, 11) is 1.24. The normalized spacial score (nSPS) is 31.1. The zero-order valence-electron chi connectivity index (χ0n) is 10.6. The molecule has 0 amide bonds. The van der Waals surface area contributed by atoms with E-state index in [1.54, 1.807) is 0 Å².